The number of rotatable bonds is 5. The van der Waals surface area contributed by atoms with Gasteiger partial charge in [0.05, 0.1) is 11.5 Å². The van der Waals surface area contributed by atoms with Crippen LogP contribution in [-0.4, -0.2) is 26.7 Å². The van der Waals surface area contributed by atoms with Gasteiger partial charge in [0.2, 0.25) is 0 Å². The van der Waals surface area contributed by atoms with Crippen molar-refractivity contribution < 1.29 is 15.0 Å². The lowest BCUT2D eigenvalue weighted by Crippen LogP contribution is -2.38. The Hall–Kier alpha value is 0.160. The van der Waals surface area contributed by atoms with Crippen molar-refractivity contribution in [2.75, 3.05) is 4.43 Å². The van der Waals surface area contributed by atoms with Gasteiger partial charge in [0.1, 0.15) is 0 Å². The van der Waals surface area contributed by atoms with Crippen molar-refractivity contribution in [1.82, 2.24) is 0 Å². The zero-order valence-electron chi connectivity index (χ0n) is 9.17. The summed E-state index contributed by atoms with van der Waals surface area (Å²) in [5.74, 6) is -0.814. The van der Waals surface area contributed by atoms with Crippen molar-refractivity contribution in [1.29, 1.82) is 0 Å². The second-order valence-corrected chi connectivity index (χ2v) is 5.91. The third-order valence-electron chi connectivity index (χ3n) is 2.52. The molecular formula is C10H19IO3. The molecule has 0 aliphatic carbocycles. The molecule has 0 aliphatic rings. The van der Waals surface area contributed by atoms with E-state index in [1.54, 1.807) is 13.8 Å². The van der Waals surface area contributed by atoms with E-state index in [4.69, 9.17) is 5.11 Å². The quantitative estimate of drug-likeness (QED) is 0.605. The van der Waals surface area contributed by atoms with Crippen LogP contribution < -0.4 is 0 Å². The van der Waals surface area contributed by atoms with E-state index in [1.165, 1.54) is 0 Å². The van der Waals surface area contributed by atoms with E-state index in [1.807, 2.05) is 13.8 Å². The number of hydrogen-bond acceptors (Lipinski definition) is 2. The van der Waals surface area contributed by atoms with Crippen molar-refractivity contribution >= 4 is 28.6 Å². The van der Waals surface area contributed by atoms with Crippen molar-refractivity contribution in [2.45, 2.75) is 40.2 Å². The molecule has 0 aromatic rings. The van der Waals surface area contributed by atoms with Gasteiger partial charge < -0.3 is 10.2 Å². The molecule has 0 radical (unpaired) electrons. The van der Waals surface area contributed by atoms with E-state index in [0.717, 1.165) is 0 Å². The molecule has 84 valence electrons. The minimum atomic E-state index is -0.814. The van der Waals surface area contributed by atoms with Gasteiger partial charge in [-0.25, -0.2) is 0 Å². The smallest absolute Gasteiger partial charge is 0.309 e. The predicted molar refractivity (Wildman–Crippen MR) is 64.7 cm³/mol. The van der Waals surface area contributed by atoms with Gasteiger partial charge in [-0.3, -0.25) is 4.79 Å². The molecule has 0 amide bonds. The first-order chi connectivity index (χ1) is 6.13. The number of carboxylic acids is 1. The third kappa shape index (κ3) is 3.73. The summed E-state index contributed by atoms with van der Waals surface area (Å²) in [6.07, 6.45) is 0.0150. The zero-order valence-corrected chi connectivity index (χ0v) is 11.3. The maximum atomic E-state index is 10.9. The lowest BCUT2D eigenvalue weighted by Gasteiger charge is -2.35. The number of carbonyl (C=O) groups is 1. The lowest BCUT2D eigenvalue weighted by atomic mass is 9.72. The van der Waals surface area contributed by atoms with Gasteiger partial charge in [0.15, 0.2) is 0 Å². The van der Waals surface area contributed by atoms with Gasteiger partial charge >= 0.3 is 5.97 Å². The minimum absolute atomic E-state index is 0.358. The molecule has 0 spiro atoms. The molecule has 0 rings (SSSR count). The fraction of sp³-hybridized carbons (Fsp3) is 0.900. The Balaban J connectivity index is 4.57. The highest BCUT2D eigenvalue weighted by Crippen LogP contribution is 2.36. The first-order valence-corrected chi connectivity index (χ1v) is 6.13. The van der Waals surface area contributed by atoms with Crippen LogP contribution in [0.3, 0.4) is 0 Å². The molecule has 0 aliphatic heterocycles. The number of aliphatic hydroxyl groups excluding tert-OH is 1. The Labute approximate surface area is 99.0 Å². The first kappa shape index (κ1) is 14.2. The average Bonchev–Trinajstić information content (AvgIpc) is 2.00. The number of alkyl halides is 1. The highest BCUT2D eigenvalue weighted by molar-refractivity contribution is 14.1. The highest BCUT2D eigenvalue weighted by atomic mass is 127. The van der Waals surface area contributed by atoms with Crippen LogP contribution in [0.4, 0.5) is 0 Å². The molecule has 1 atom stereocenters. The number of aliphatic carboxylic acids is 1. The van der Waals surface area contributed by atoms with Crippen LogP contribution in [-0.2, 0) is 4.79 Å². The summed E-state index contributed by atoms with van der Waals surface area (Å²) in [6.45, 7) is 7.19. The summed E-state index contributed by atoms with van der Waals surface area (Å²) < 4.78 is 0.625. The Morgan fingerprint density at radius 1 is 1.36 bits per heavy atom. The van der Waals surface area contributed by atoms with E-state index in [0.29, 0.717) is 10.8 Å². The largest absolute Gasteiger partial charge is 0.481 e. The van der Waals surface area contributed by atoms with Crippen molar-refractivity contribution in [3.63, 3.8) is 0 Å². The van der Waals surface area contributed by atoms with E-state index < -0.39 is 17.5 Å². The van der Waals surface area contributed by atoms with Crippen LogP contribution in [0.15, 0.2) is 0 Å². The fourth-order valence-corrected chi connectivity index (χ4v) is 2.73. The van der Waals surface area contributed by atoms with Gasteiger partial charge in [0.25, 0.3) is 0 Å². The molecule has 14 heavy (non-hydrogen) atoms. The Bertz CT molecular complexity index is 211. The second-order valence-electron chi connectivity index (χ2n) is 5.02. The van der Waals surface area contributed by atoms with Crippen molar-refractivity contribution in [3.05, 3.63) is 0 Å². The van der Waals surface area contributed by atoms with E-state index in [-0.39, 0.29) is 5.41 Å². The van der Waals surface area contributed by atoms with E-state index in [9.17, 15) is 9.90 Å². The lowest BCUT2D eigenvalue weighted by molar-refractivity contribution is -0.149. The molecule has 0 bridgehead atoms. The SMILES string of the molecule is CC(C)(CC(C)(C)C(O)CI)C(=O)O. The molecule has 0 saturated carbocycles. The zero-order chi connectivity index (χ0) is 11.6. The molecule has 0 aromatic carbocycles. The fourth-order valence-electron chi connectivity index (χ4n) is 1.54. The average molecular weight is 314 g/mol. The normalized spacial score (nSPS) is 15.3. The van der Waals surface area contributed by atoms with E-state index >= 15 is 0 Å². The van der Waals surface area contributed by atoms with Crippen LogP contribution in [0.2, 0.25) is 0 Å². The Morgan fingerprint density at radius 3 is 2.07 bits per heavy atom. The number of hydrogen-bond donors (Lipinski definition) is 2. The number of aliphatic hydroxyl groups is 1. The van der Waals surface area contributed by atoms with Gasteiger partial charge in [0, 0.05) is 4.43 Å². The summed E-state index contributed by atoms with van der Waals surface area (Å²) >= 11 is 2.11. The molecule has 0 fully saturated rings. The van der Waals surface area contributed by atoms with Gasteiger partial charge in [-0.2, -0.15) is 0 Å². The number of carboxylic acid groups (broad SMARTS) is 1. The molecule has 1 unspecified atom stereocenters. The third-order valence-corrected chi connectivity index (χ3v) is 3.36. The summed E-state index contributed by atoms with van der Waals surface area (Å²) in [5.41, 5.74) is -1.14. The maximum Gasteiger partial charge on any atom is 0.309 e. The van der Waals surface area contributed by atoms with Crippen LogP contribution >= 0.6 is 22.6 Å². The molecule has 2 N–H and O–H groups in total. The van der Waals surface area contributed by atoms with Gasteiger partial charge in [-0.15, -0.1) is 0 Å². The Morgan fingerprint density at radius 2 is 1.79 bits per heavy atom. The van der Waals surface area contributed by atoms with Crippen LogP contribution in [0.5, 0.6) is 0 Å². The van der Waals surface area contributed by atoms with Crippen molar-refractivity contribution in [3.8, 4) is 0 Å². The van der Waals surface area contributed by atoms with E-state index in [2.05, 4.69) is 22.6 Å². The second kappa shape index (κ2) is 4.79. The summed E-state index contributed by atoms with van der Waals surface area (Å²) in [7, 11) is 0. The highest BCUT2D eigenvalue weighted by Gasteiger charge is 2.38. The van der Waals surface area contributed by atoms with Gasteiger partial charge in [-0.1, -0.05) is 36.4 Å². The number of halogens is 1. The standard InChI is InChI=1S/C10H19IO3/c1-9(2,7(12)5-11)6-10(3,4)8(13)14/h7,12H,5-6H2,1-4H3,(H,13,14). The first-order valence-electron chi connectivity index (χ1n) is 4.61. The molecular weight excluding hydrogens is 295 g/mol. The molecule has 4 heteroatoms. The molecule has 3 nitrogen and oxygen atoms in total. The molecule has 0 heterocycles. The Kier molecular flexibility index (Phi) is 4.84. The van der Waals surface area contributed by atoms with Crippen LogP contribution in [0.1, 0.15) is 34.1 Å². The maximum absolute atomic E-state index is 10.9. The summed E-state index contributed by atoms with van der Waals surface area (Å²) in [5, 5.41) is 18.7. The van der Waals surface area contributed by atoms with Gasteiger partial charge in [-0.05, 0) is 25.7 Å². The predicted octanol–water partition coefficient (Wildman–Crippen LogP) is 2.31. The minimum Gasteiger partial charge on any atom is -0.481 e. The summed E-state index contributed by atoms with van der Waals surface area (Å²) in [6, 6.07) is 0. The summed E-state index contributed by atoms with van der Waals surface area (Å²) in [4.78, 5) is 10.9. The topological polar surface area (TPSA) is 57.5 Å². The van der Waals surface area contributed by atoms with Crippen LogP contribution in [0.25, 0.3) is 0 Å². The van der Waals surface area contributed by atoms with Crippen LogP contribution in [0, 0.1) is 10.8 Å². The molecule has 0 saturated heterocycles. The molecule has 0 aromatic heterocycles. The monoisotopic (exact) mass is 314 g/mol. The van der Waals surface area contributed by atoms with Crippen molar-refractivity contribution in [2.24, 2.45) is 10.8 Å².